The van der Waals surface area contributed by atoms with Gasteiger partial charge in [-0.05, 0) is 25.1 Å². The van der Waals surface area contributed by atoms with E-state index in [0.717, 1.165) is 0 Å². The Hall–Kier alpha value is -2.37. The molecule has 0 aromatic heterocycles. The molecule has 6 heteroatoms. The average molecular weight is 266 g/mol. The van der Waals surface area contributed by atoms with E-state index in [1.165, 1.54) is 37.4 Å². The molecule has 1 aromatic carbocycles. The number of benzene rings is 1. The molecule has 0 aliphatic rings. The van der Waals surface area contributed by atoms with Gasteiger partial charge in [0.1, 0.15) is 5.82 Å². The summed E-state index contributed by atoms with van der Waals surface area (Å²) >= 11 is 0. The van der Waals surface area contributed by atoms with Crippen molar-refractivity contribution < 1.29 is 18.7 Å². The molecule has 1 aromatic rings. The van der Waals surface area contributed by atoms with Crippen molar-refractivity contribution in [1.29, 1.82) is 0 Å². The zero-order chi connectivity index (χ0) is 14.3. The standard InChI is InChI=1S/C13H15FN2O3/c1-3-19-13(18)6-7-15-10-4-5-11(14)12(8-10)16-9(2)17/h4-8,15H,3H2,1-2H3,(H,16,17)/b7-6-. The SMILES string of the molecule is CCOC(=O)/C=C\Nc1ccc(F)c(NC(C)=O)c1. The van der Waals surface area contributed by atoms with Crippen LogP contribution in [-0.4, -0.2) is 18.5 Å². The highest BCUT2D eigenvalue weighted by atomic mass is 19.1. The minimum Gasteiger partial charge on any atom is -0.463 e. The summed E-state index contributed by atoms with van der Waals surface area (Å²) in [7, 11) is 0. The number of amides is 1. The van der Waals surface area contributed by atoms with Crippen LogP contribution in [0.4, 0.5) is 15.8 Å². The van der Waals surface area contributed by atoms with Gasteiger partial charge in [0, 0.05) is 24.9 Å². The number of anilines is 2. The van der Waals surface area contributed by atoms with Crippen molar-refractivity contribution >= 4 is 23.3 Å². The molecule has 0 saturated carbocycles. The lowest BCUT2D eigenvalue weighted by Crippen LogP contribution is -2.07. The van der Waals surface area contributed by atoms with Crippen molar-refractivity contribution in [3.05, 3.63) is 36.3 Å². The molecule has 0 fully saturated rings. The number of hydrogen-bond acceptors (Lipinski definition) is 4. The van der Waals surface area contributed by atoms with Gasteiger partial charge in [0.25, 0.3) is 0 Å². The van der Waals surface area contributed by atoms with Crippen LogP contribution in [0, 0.1) is 5.82 Å². The minimum atomic E-state index is -0.532. The third-order valence-corrected chi connectivity index (χ3v) is 2.03. The van der Waals surface area contributed by atoms with E-state index in [0.29, 0.717) is 12.3 Å². The Morgan fingerprint density at radius 3 is 2.79 bits per heavy atom. The predicted molar refractivity (Wildman–Crippen MR) is 70.1 cm³/mol. The first kappa shape index (κ1) is 14.7. The molecule has 0 unspecified atom stereocenters. The van der Waals surface area contributed by atoms with Crippen molar-refractivity contribution in [2.75, 3.05) is 17.2 Å². The second kappa shape index (κ2) is 7.15. The maximum atomic E-state index is 13.3. The molecule has 0 radical (unpaired) electrons. The Labute approximate surface area is 110 Å². The molecule has 19 heavy (non-hydrogen) atoms. The zero-order valence-electron chi connectivity index (χ0n) is 10.7. The zero-order valence-corrected chi connectivity index (χ0v) is 10.7. The van der Waals surface area contributed by atoms with Crippen LogP contribution in [0.3, 0.4) is 0 Å². The van der Waals surface area contributed by atoms with E-state index in [-0.39, 0.29) is 11.6 Å². The first-order valence-corrected chi connectivity index (χ1v) is 5.70. The van der Waals surface area contributed by atoms with Crippen LogP contribution in [0.2, 0.25) is 0 Å². The van der Waals surface area contributed by atoms with Gasteiger partial charge in [0.2, 0.25) is 5.91 Å². The first-order chi connectivity index (χ1) is 9.02. The number of esters is 1. The molecular weight excluding hydrogens is 251 g/mol. The predicted octanol–water partition coefficient (Wildman–Crippen LogP) is 2.27. The first-order valence-electron chi connectivity index (χ1n) is 5.70. The molecular formula is C13H15FN2O3. The van der Waals surface area contributed by atoms with Crippen molar-refractivity contribution in [1.82, 2.24) is 0 Å². The summed E-state index contributed by atoms with van der Waals surface area (Å²) in [4.78, 5) is 21.9. The van der Waals surface area contributed by atoms with Gasteiger partial charge in [-0.2, -0.15) is 0 Å². The van der Waals surface area contributed by atoms with Crippen molar-refractivity contribution in [2.24, 2.45) is 0 Å². The molecule has 0 bridgehead atoms. The van der Waals surface area contributed by atoms with Crippen LogP contribution in [0.15, 0.2) is 30.5 Å². The summed E-state index contributed by atoms with van der Waals surface area (Å²) in [5.41, 5.74) is 0.604. The van der Waals surface area contributed by atoms with E-state index in [1.807, 2.05) is 0 Å². The van der Waals surface area contributed by atoms with E-state index in [4.69, 9.17) is 4.74 Å². The van der Waals surface area contributed by atoms with E-state index >= 15 is 0 Å². The molecule has 0 aliphatic carbocycles. The van der Waals surface area contributed by atoms with Gasteiger partial charge in [0.05, 0.1) is 12.3 Å². The van der Waals surface area contributed by atoms with Gasteiger partial charge in [-0.3, -0.25) is 4.79 Å². The Bertz CT molecular complexity index is 501. The second-order valence-corrected chi connectivity index (χ2v) is 3.61. The maximum absolute atomic E-state index is 13.3. The molecule has 0 aliphatic heterocycles. The number of rotatable bonds is 5. The highest BCUT2D eigenvalue weighted by Gasteiger charge is 2.04. The van der Waals surface area contributed by atoms with E-state index < -0.39 is 11.8 Å². The lowest BCUT2D eigenvalue weighted by atomic mass is 10.2. The molecule has 5 nitrogen and oxygen atoms in total. The van der Waals surface area contributed by atoms with Gasteiger partial charge in [0.15, 0.2) is 0 Å². The second-order valence-electron chi connectivity index (χ2n) is 3.61. The summed E-state index contributed by atoms with van der Waals surface area (Å²) < 4.78 is 18.0. The van der Waals surface area contributed by atoms with Crippen LogP contribution in [0.25, 0.3) is 0 Å². The summed E-state index contributed by atoms with van der Waals surface area (Å²) in [6.45, 7) is 3.30. The third kappa shape index (κ3) is 5.20. The number of carbonyl (C=O) groups is 2. The smallest absolute Gasteiger partial charge is 0.332 e. The van der Waals surface area contributed by atoms with E-state index in [9.17, 15) is 14.0 Å². The largest absolute Gasteiger partial charge is 0.463 e. The molecule has 1 amide bonds. The lowest BCUT2D eigenvalue weighted by Gasteiger charge is -2.07. The Balaban J connectivity index is 2.69. The summed E-state index contributed by atoms with van der Waals surface area (Å²) in [5, 5.41) is 5.14. The highest BCUT2D eigenvalue weighted by molar-refractivity contribution is 5.89. The fraction of sp³-hybridized carbons (Fsp3) is 0.231. The molecule has 102 valence electrons. The van der Waals surface area contributed by atoms with Gasteiger partial charge in [-0.15, -0.1) is 0 Å². The summed E-state index contributed by atoms with van der Waals surface area (Å²) in [5.74, 6) is -1.37. The van der Waals surface area contributed by atoms with Crippen LogP contribution in [-0.2, 0) is 14.3 Å². The molecule has 0 spiro atoms. The lowest BCUT2D eigenvalue weighted by molar-refractivity contribution is -0.137. The Morgan fingerprint density at radius 1 is 1.42 bits per heavy atom. The molecule has 2 N–H and O–H groups in total. The third-order valence-electron chi connectivity index (χ3n) is 2.03. The van der Waals surface area contributed by atoms with E-state index in [2.05, 4.69) is 10.6 Å². The molecule has 0 saturated heterocycles. The van der Waals surface area contributed by atoms with Crippen molar-refractivity contribution in [3.8, 4) is 0 Å². The van der Waals surface area contributed by atoms with Gasteiger partial charge in [-0.1, -0.05) is 0 Å². The Kier molecular flexibility index (Phi) is 5.53. The van der Waals surface area contributed by atoms with Gasteiger partial charge >= 0.3 is 5.97 Å². The fourth-order valence-corrected chi connectivity index (χ4v) is 1.30. The van der Waals surface area contributed by atoms with Gasteiger partial charge < -0.3 is 15.4 Å². The highest BCUT2D eigenvalue weighted by Crippen LogP contribution is 2.19. The maximum Gasteiger partial charge on any atom is 0.332 e. The summed E-state index contributed by atoms with van der Waals surface area (Å²) in [6.07, 6.45) is 2.59. The topological polar surface area (TPSA) is 67.4 Å². The molecule has 1 rings (SSSR count). The van der Waals surface area contributed by atoms with Crippen LogP contribution < -0.4 is 10.6 Å². The number of hydrogen-bond donors (Lipinski definition) is 2. The quantitative estimate of drug-likeness (QED) is 0.633. The molecule has 0 atom stereocenters. The normalized spacial score (nSPS) is 10.3. The van der Waals surface area contributed by atoms with Crippen LogP contribution in [0.1, 0.15) is 13.8 Å². The minimum absolute atomic E-state index is 0.0713. The number of carbonyl (C=O) groups excluding carboxylic acids is 2. The number of ether oxygens (including phenoxy) is 1. The van der Waals surface area contributed by atoms with Crippen LogP contribution in [0.5, 0.6) is 0 Å². The number of halogens is 1. The summed E-state index contributed by atoms with van der Waals surface area (Å²) in [6, 6.07) is 4.12. The Morgan fingerprint density at radius 2 is 2.16 bits per heavy atom. The fourth-order valence-electron chi connectivity index (χ4n) is 1.30. The van der Waals surface area contributed by atoms with Crippen molar-refractivity contribution in [2.45, 2.75) is 13.8 Å². The van der Waals surface area contributed by atoms with E-state index in [1.54, 1.807) is 6.92 Å². The van der Waals surface area contributed by atoms with Gasteiger partial charge in [-0.25, -0.2) is 9.18 Å². The van der Waals surface area contributed by atoms with Crippen LogP contribution >= 0.6 is 0 Å². The number of nitrogens with one attached hydrogen (secondary N) is 2. The molecule has 0 heterocycles. The average Bonchev–Trinajstić information content (AvgIpc) is 2.33. The van der Waals surface area contributed by atoms with Crippen molar-refractivity contribution in [3.63, 3.8) is 0 Å². The monoisotopic (exact) mass is 266 g/mol.